The zero-order chi connectivity index (χ0) is 14.5. The molecule has 2 rings (SSSR count). The molecule has 0 amide bonds. The van der Waals surface area contributed by atoms with Crippen LogP contribution in [0.15, 0.2) is 46.9 Å². The summed E-state index contributed by atoms with van der Waals surface area (Å²) in [7, 11) is 0. The van der Waals surface area contributed by atoms with Gasteiger partial charge in [0.1, 0.15) is 12.4 Å². The summed E-state index contributed by atoms with van der Waals surface area (Å²) in [5, 5.41) is 8.85. The Morgan fingerprint density at radius 3 is 2.80 bits per heavy atom. The molecule has 3 nitrogen and oxygen atoms in total. The Hall–Kier alpha value is -2.12. The molecule has 0 aliphatic carbocycles. The minimum Gasteiger partial charge on any atom is -0.488 e. The molecule has 2 aromatic carbocycles. The van der Waals surface area contributed by atoms with Gasteiger partial charge in [-0.25, -0.2) is 0 Å². The van der Waals surface area contributed by atoms with E-state index in [-0.39, 0.29) is 5.78 Å². The number of ether oxygens (including phenoxy) is 1. The van der Waals surface area contributed by atoms with Crippen molar-refractivity contribution in [2.75, 3.05) is 0 Å². The summed E-state index contributed by atoms with van der Waals surface area (Å²) in [5.41, 5.74) is 2.02. The first-order valence-corrected chi connectivity index (χ1v) is 6.82. The Morgan fingerprint density at radius 1 is 1.30 bits per heavy atom. The number of hydrogen-bond acceptors (Lipinski definition) is 3. The van der Waals surface area contributed by atoms with E-state index in [2.05, 4.69) is 22.0 Å². The SMILES string of the molecule is CC(=O)c1cc(Br)ccc1OCc1cccc(C#N)c1. The third kappa shape index (κ3) is 3.46. The first-order chi connectivity index (χ1) is 9.60. The van der Waals surface area contributed by atoms with Gasteiger partial charge in [0.25, 0.3) is 0 Å². The van der Waals surface area contributed by atoms with E-state index in [1.807, 2.05) is 18.2 Å². The van der Waals surface area contributed by atoms with Gasteiger partial charge < -0.3 is 4.74 Å². The van der Waals surface area contributed by atoms with E-state index in [9.17, 15) is 4.79 Å². The van der Waals surface area contributed by atoms with Crippen molar-refractivity contribution in [3.05, 3.63) is 63.6 Å². The minimum atomic E-state index is -0.0490. The first-order valence-electron chi connectivity index (χ1n) is 6.02. The maximum atomic E-state index is 11.6. The van der Waals surface area contributed by atoms with Gasteiger partial charge in [-0.3, -0.25) is 4.79 Å². The quantitative estimate of drug-likeness (QED) is 0.793. The number of benzene rings is 2. The van der Waals surface area contributed by atoms with Crippen LogP contribution in [0.1, 0.15) is 28.4 Å². The second-order valence-electron chi connectivity index (χ2n) is 4.30. The molecule has 2 aromatic rings. The second kappa shape index (κ2) is 6.36. The van der Waals surface area contributed by atoms with Gasteiger partial charge in [-0.15, -0.1) is 0 Å². The number of Topliss-reactive ketones (excluding diaryl/α,β-unsaturated/α-hetero) is 1. The summed E-state index contributed by atoms with van der Waals surface area (Å²) in [6.07, 6.45) is 0. The molecule has 0 atom stereocenters. The van der Waals surface area contributed by atoms with Gasteiger partial charge in [-0.05, 0) is 42.8 Å². The molecule has 0 heterocycles. The number of ketones is 1. The third-order valence-corrected chi connectivity index (χ3v) is 3.26. The van der Waals surface area contributed by atoms with E-state index >= 15 is 0 Å². The van der Waals surface area contributed by atoms with Crippen LogP contribution in [-0.2, 0) is 6.61 Å². The molecular formula is C16H12BrNO2. The lowest BCUT2D eigenvalue weighted by atomic mass is 10.1. The molecule has 0 aromatic heterocycles. The van der Waals surface area contributed by atoms with Crippen molar-refractivity contribution in [1.29, 1.82) is 5.26 Å². The molecule has 20 heavy (non-hydrogen) atoms. The monoisotopic (exact) mass is 329 g/mol. The Labute approximate surface area is 125 Å². The molecule has 100 valence electrons. The highest BCUT2D eigenvalue weighted by molar-refractivity contribution is 9.10. The number of carbonyl (C=O) groups excluding carboxylic acids is 1. The van der Waals surface area contributed by atoms with Crippen LogP contribution in [0, 0.1) is 11.3 Å². The molecule has 0 spiro atoms. The van der Waals surface area contributed by atoms with Gasteiger partial charge >= 0.3 is 0 Å². The predicted molar refractivity (Wildman–Crippen MR) is 79.6 cm³/mol. The second-order valence-corrected chi connectivity index (χ2v) is 5.21. The maximum Gasteiger partial charge on any atom is 0.163 e. The largest absolute Gasteiger partial charge is 0.488 e. The highest BCUT2D eigenvalue weighted by Gasteiger charge is 2.09. The summed E-state index contributed by atoms with van der Waals surface area (Å²) < 4.78 is 6.52. The van der Waals surface area contributed by atoms with Crippen LogP contribution in [0.25, 0.3) is 0 Å². The van der Waals surface area contributed by atoms with Gasteiger partial charge in [0.2, 0.25) is 0 Å². The lowest BCUT2D eigenvalue weighted by molar-refractivity contribution is 0.101. The van der Waals surface area contributed by atoms with Crippen LogP contribution in [0.2, 0.25) is 0 Å². The predicted octanol–water partition coefficient (Wildman–Crippen LogP) is 4.10. The van der Waals surface area contributed by atoms with Crippen LogP contribution in [0.4, 0.5) is 0 Å². The van der Waals surface area contributed by atoms with Crippen molar-refractivity contribution in [2.45, 2.75) is 13.5 Å². The van der Waals surface area contributed by atoms with Crippen molar-refractivity contribution < 1.29 is 9.53 Å². The third-order valence-electron chi connectivity index (χ3n) is 2.77. The summed E-state index contributed by atoms with van der Waals surface area (Å²) >= 11 is 3.34. The summed E-state index contributed by atoms with van der Waals surface area (Å²) in [4.78, 5) is 11.6. The summed E-state index contributed by atoms with van der Waals surface area (Å²) in [6, 6.07) is 14.6. The molecule has 0 saturated heterocycles. The van der Waals surface area contributed by atoms with Crippen LogP contribution < -0.4 is 4.74 Å². The highest BCUT2D eigenvalue weighted by Crippen LogP contribution is 2.24. The highest BCUT2D eigenvalue weighted by atomic mass is 79.9. The number of rotatable bonds is 4. The molecule has 4 heteroatoms. The molecule has 0 N–H and O–H groups in total. The standard InChI is InChI=1S/C16H12BrNO2/c1-11(19)15-8-14(17)5-6-16(15)20-10-13-4-2-3-12(7-13)9-18/h2-8H,10H2,1H3. The van der Waals surface area contributed by atoms with E-state index in [0.717, 1.165) is 10.0 Å². The van der Waals surface area contributed by atoms with Crippen molar-refractivity contribution in [2.24, 2.45) is 0 Å². The van der Waals surface area contributed by atoms with Gasteiger partial charge in [-0.2, -0.15) is 5.26 Å². The Kier molecular flexibility index (Phi) is 4.54. The molecule has 0 bridgehead atoms. The number of nitrogens with zero attached hydrogens (tertiary/aromatic N) is 1. The fraction of sp³-hybridized carbons (Fsp3) is 0.125. The van der Waals surface area contributed by atoms with Gasteiger partial charge in [0.05, 0.1) is 17.2 Å². The number of halogens is 1. The molecular weight excluding hydrogens is 318 g/mol. The van der Waals surface area contributed by atoms with Crippen molar-refractivity contribution in [3.63, 3.8) is 0 Å². The summed E-state index contributed by atoms with van der Waals surface area (Å²) in [6.45, 7) is 1.82. The van der Waals surface area contributed by atoms with Crippen LogP contribution >= 0.6 is 15.9 Å². The zero-order valence-corrected chi connectivity index (χ0v) is 12.5. The Bertz CT molecular complexity index is 689. The number of carbonyl (C=O) groups is 1. The van der Waals surface area contributed by atoms with E-state index in [4.69, 9.17) is 10.00 Å². The van der Waals surface area contributed by atoms with E-state index in [1.54, 1.807) is 24.3 Å². The average molecular weight is 330 g/mol. The Balaban J connectivity index is 2.19. The van der Waals surface area contributed by atoms with Crippen molar-refractivity contribution in [1.82, 2.24) is 0 Å². The van der Waals surface area contributed by atoms with Gasteiger partial charge in [0, 0.05) is 4.47 Å². The van der Waals surface area contributed by atoms with E-state index in [1.165, 1.54) is 6.92 Å². The number of hydrogen-bond donors (Lipinski definition) is 0. The fourth-order valence-corrected chi connectivity index (χ4v) is 2.16. The fourth-order valence-electron chi connectivity index (χ4n) is 1.79. The lowest BCUT2D eigenvalue weighted by Gasteiger charge is -2.10. The van der Waals surface area contributed by atoms with Crippen molar-refractivity contribution in [3.8, 4) is 11.8 Å². The van der Waals surface area contributed by atoms with E-state index in [0.29, 0.717) is 23.5 Å². The maximum absolute atomic E-state index is 11.6. The summed E-state index contributed by atoms with van der Waals surface area (Å²) in [5.74, 6) is 0.495. The van der Waals surface area contributed by atoms with E-state index < -0.39 is 0 Å². The van der Waals surface area contributed by atoms with Crippen molar-refractivity contribution >= 4 is 21.7 Å². The van der Waals surface area contributed by atoms with Gasteiger partial charge in [-0.1, -0.05) is 28.1 Å². The Morgan fingerprint density at radius 2 is 2.10 bits per heavy atom. The lowest BCUT2D eigenvalue weighted by Crippen LogP contribution is -2.02. The molecule has 0 aliphatic heterocycles. The number of nitriles is 1. The normalized spacial score (nSPS) is 9.85. The molecule has 0 aliphatic rings. The molecule has 0 radical (unpaired) electrons. The van der Waals surface area contributed by atoms with Crippen LogP contribution in [-0.4, -0.2) is 5.78 Å². The zero-order valence-electron chi connectivity index (χ0n) is 10.9. The smallest absolute Gasteiger partial charge is 0.163 e. The molecule has 0 saturated carbocycles. The van der Waals surface area contributed by atoms with Crippen LogP contribution in [0.5, 0.6) is 5.75 Å². The topological polar surface area (TPSA) is 50.1 Å². The van der Waals surface area contributed by atoms with Crippen LogP contribution in [0.3, 0.4) is 0 Å². The average Bonchev–Trinajstić information content (AvgIpc) is 2.46. The molecule has 0 unspecified atom stereocenters. The molecule has 0 fully saturated rings. The van der Waals surface area contributed by atoms with Gasteiger partial charge in [0.15, 0.2) is 5.78 Å². The minimum absolute atomic E-state index is 0.0490. The first kappa shape index (κ1) is 14.3.